The minimum Gasteiger partial charge on any atom is -0.356 e. The van der Waals surface area contributed by atoms with Crippen LogP contribution < -0.4 is 5.56 Å². The van der Waals surface area contributed by atoms with Crippen molar-refractivity contribution in [1.82, 2.24) is 39.9 Å². The molecule has 4 aromatic heterocycles. The molecule has 0 saturated heterocycles. The fourth-order valence-electron chi connectivity index (χ4n) is 5.86. The van der Waals surface area contributed by atoms with Gasteiger partial charge in [0.15, 0.2) is 5.58 Å². The maximum absolute atomic E-state index is 13.6. The zero-order valence-corrected chi connectivity index (χ0v) is 20.8. The molecule has 0 spiro atoms. The number of hydrogen-bond acceptors (Lipinski definition) is 7. The molecule has 1 aliphatic carbocycles. The summed E-state index contributed by atoms with van der Waals surface area (Å²) in [4.78, 5) is 21.7. The molecule has 3 unspecified atom stereocenters. The highest BCUT2D eigenvalue weighted by Crippen LogP contribution is 2.60. The highest BCUT2D eigenvalue weighted by atomic mass is 35.5. The lowest BCUT2D eigenvalue weighted by atomic mass is 10.0. The van der Waals surface area contributed by atoms with E-state index in [1.54, 1.807) is 16.8 Å². The Kier molecular flexibility index (Phi) is 4.37. The van der Waals surface area contributed by atoms with Gasteiger partial charge in [-0.05, 0) is 71.7 Å². The van der Waals surface area contributed by atoms with Crippen LogP contribution in [0.4, 0.5) is 0 Å². The number of tetrazole rings is 1. The Bertz CT molecular complexity index is 1940. The molecule has 38 heavy (non-hydrogen) atoms. The Morgan fingerprint density at radius 2 is 2.03 bits per heavy atom. The first-order valence-corrected chi connectivity index (χ1v) is 12.6. The average molecular weight is 523 g/mol. The van der Waals surface area contributed by atoms with Crippen molar-refractivity contribution < 1.29 is 4.52 Å². The number of pyridine rings is 1. The number of aromatic nitrogens is 8. The minimum atomic E-state index is -0.0904. The van der Waals surface area contributed by atoms with Crippen LogP contribution in [0.15, 0.2) is 70.4 Å². The molecule has 0 amide bonds. The zero-order valence-electron chi connectivity index (χ0n) is 20.0. The van der Waals surface area contributed by atoms with Crippen LogP contribution in [0.1, 0.15) is 35.5 Å². The molecular formula is C27H19ClN8O2. The summed E-state index contributed by atoms with van der Waals surface area (Å²) in [5.74, 6) is 1.41. The van der Waals surface area contributed by atoms with Gasteiger partial charge < -0.3 is 14.1 Å². The molecule has 2 aromatic carbocycles. The minimum absolute atomic E-state index is 0.0629. The van der Waals surface area contributed by atoms with Gasteiger partial charge in [-0.1, -0.05) is 22.8 Å². The fourth-order valence-corrected chi connectivity index (χ4v) is 6.03. The topological polar surface area (TPSA) is 120 Å². The molecule has 3 atom stereocenters. The van der Waals surface area contributed by atoms with E-state index >= 15 is 0 Å². The number of nitrogens with zero attached hydrogens (tertiary/aromatic N) is 7. The van der Waals surface area contributed by atoms with Gasteiger partial charge in [-0.2, -0.15) is 4.68 Å². The van der Waals surface area contributed by atoms with E-state index in [-0.39, 0.29) is 11.6 Å². The Hall–Kier alpha value is -4.57. The van der Waals surface area contributed by atoms with Gasteiger partial charge in [-0.25, -0.2) is 4.98 Å². The Balaban J connectivity index is 1.20. The predicted octanol–water partition coefficient (Wildman–Crippen LogP) is 4.69. The molecule has 6 aromatic rings. The summed E-state index contributed by atoms with van der Waals surface area (Å²) in [5.41, 5.74) is 6.72. The SMILES string of the molecule is Cc1noc2cc(-c3ncc(C4C5CC5c5cc(-c6cc(Cl)ccc6-n6cnnn6)cc(=O)n54)[nH]3)ccc12. The lowest BCUT2D eigenvalue weighted by Gasteiger charge is -2.18. The van der Waals surface area contributed by atoms with Crippen molar-refractivity contribution in [3.8, 4) is 28.2 Å². The number of fused-ring (bicyclic) bond motifs is 4. The van der Waals surface area contributed by atoms with Crippen LogP contribution in [0.2, 0.25) is 5.02 Å². The van der Waals surface area contributed by atoms with E-state index < -0.39 is 0 Å². The number of nitrogens with one attached hydrogen (secondary N) is 1. The molecule has 1 saturated carbocycles. The van der Waals surface area contributed by atoms with Gasteiger partial charge in [0.05, 0.1) is 29.3 Å². The van der Waals surface area contributed by atoms with E-state index in [4.69, 9.17) is 16.1 Å². The molecule has 8 rings (SSSR count). The maximum Gasteiger partial charge on any atom is 0.251 e. The number of hydrogen-bond donors (Lipinski definition) is 1. The Labute approximate surface area is 219 Å². The van der Waals surface area contributed by atoms with E-state index in [1.807, 2.05) is 48.0 Å². The molecular weight excluding hydrogens is 504 g/mol. The van der Waals surface area contributed by atoms with Crippen molar-refractivity contribution in [2.75, 3.05) is 0 Å². The third-order valence-electron chi connectivity index (χ3n) is 7.71. The first kappa shape index (κ1) is 21.5. The van der Waals surface area contributed by atoms with Gasteiger partial charge in [0, 0.05) is 39.2 Å². The molecule has 2 aliphatic rings. The summed E-state index contributed by atoms with van der Waals surface area (Å²) < 4.78 is 8.91. The van der Waals surface area contributed by atoms with Crippen LogP contribution in [0, 0.1) is 12.8 Å². The van der Waals surface area contributed by atoms with E-state index in [9.17, 15) is 4.79 Å². The molecule has 0 bridgehead atoms. The van der Waals surface area contributed by atoms with E-state index in [1.165, 1.54) is 6.33 Å². The number of rotatable bonds is 4. The van der Waals surface area contributed by atoms with Gasteiger partial charge in [-0.15, -0.1) is 5.10 Å². The largest absolute Gasteiger partial charge is 0.356 e. The lowest BCUT2D eigenvalue weighted by Crippen LogP contribution is -2.26. The van der Waals surface area contributed by atoms with Crippen LogP contribution in [0.5, 0.6) is 0 Å². The smallest absolute Gasteiger partial charge is 0.251 e. The van der Waals surface area contributed by atoms with E-state index in [0.717, 1.165) is 62.7 Å². The predicted molar refractivity (Wildman–Crippen MR) is 139 cm³/mol. The van der Waals surface area contributed by atoms with Crippen LogP contribution >= 0.6 is 11.6 Å². The highest BCUT2D eigenvalue weighted by Gasteiger charge is 2.53. The van der Waals surface area contributed by atoms with Crippen LogP contribution in [-0.2, 0) is 0 Å². The summed E-state index contributed by atoms with van der Waals surface area (Å²) in [6, 6.07) is 15.1. The van der Waals surface area contributed by atoms with Crippen LogP contribution in [0.3, 0.4) is 0 Å². The summed E-state index contributed by atoms with van der Waals surface area (Å²) in [7, 11) is 0. The number of imidazole rings is 1. The monoisotopic (exact) mass is 522 g/mol. The van der Waals surface area contributed by atoms with Gasteiger partial charge in [0.25, 0.3) is 5.56 Å². The normalized spacial score (nSPS) is 19.6. The molecule has 1 fully saturated rings. The molecule has 0 radical (unpaired) electrons. The van der Waals surface area contributed by atoms with Crippen LogP contribution in [0.25, 0.3) is 39.2 Å². The first-order valence-electron chi connectivity index (χ1n) is 12.3. The number of aromatic amines is 1. The molecule has 10 nitrogen and oxygen atoms in total. The number of aryl methyl sites for hydroxylation is 1. The third kappa shape index (κ3) is 3.13. The second kappa shape index (κ2) is 7.72. The Morgan fingerprint density at radius 3 is 2.89 bits per heavy atom. The molecule has 11 heteroatoms. The van der Waals surface area contributed by atoms with E-state index in [2.05, 4.69) is 36.7 Å². The van der Waals surface area contributed by atoms with E-state index in [0.29, 0.717) is 16.9 Å². The number of halogens is 1. The fraction of sp³-hybridized carbons (Fsp3) is 0.185. The molecule has 186 valence electrons. The van der Waals surface area contributed by atoms with Crippen molar-refractivity contribution in [2.45, 2.75) is 25.3 Å². The van der Waals surface area contributed by atoms with Crippen molar-refractivity contribution >= 4 is 22.6 Å². The second-order valence-corrected chi connectivity index (χ2v) is 10.3. The van der Waals surface area contributed by atoms with Gasteiger partial charge >= 0.3 is 0 Å². The van der Waals surface area contributed by atoms with Crippen LogP contribution in [-0.4, -0.2) is 39.9 Å². The van der Waals surface area contributed by atoms with Crippen molar-refractivity contribution in [3.63, 3.8) is 0 Å². The standard InChI is InChI=1S/C27H19ClN8O2/c1-13-17-4-2-14(7-24(17)38-32-13)27-29-11-21(31-27)26-20-10-19(20)23-6-15(8-25(37)36(23)26)18-9-16(28)3-5-22(18)35-12-30-33-34-35/h2-9,11-12,19-20,26H,10H2,1H3,(H,29,31). The molecule has 1 N–H and O–H groups in total. The van der Waals surface area contributed by atoms with Crippen molar-refractivity contribution in [3.05, 3.63) is 93.5 Å². The second-order valence-electron chi connectivity index (χ2n) is 9.91. The number of benzene rings is 2. The lowest BCUT2D eigenvalue weighted by molar-refractivity contribution is 0.450. The maximum atomic E-state index is 13.6. The third-order valence-corrected chi connectivity index (χ3v) is 7.94. The van der Waals surface area contributed by atoms with Gasteiger partial charge in [-0.3, -0.25) is 4.79 Å². The summed E-state index contributed by atoms with van der Waals surface area (Å²) in [6.07, 6.45) is 4.39. The van der Waals surface area contributed by atoms with Crippen molar-refractivity contribution in [1.29, 1.82) is 0 Å². The first-order chi connectivity index (χ1) is 18.5. The summed E-state index contributed by atoms with van der Waals surface area (Å²) in [6.45, 7) is 1.92. The summed E-state index contributed by atoms with van der Waals surface area (Å²) >= 11 is 6.35. The molecule has 5 heterocycles. The van der Waals surface area contributed by atoms with Crippen molar-refractivity contribution in [2.24, 2.45) is 5.92 Å². The van der Waals surface area contributed by atoms with Gasteiger partial charge in [0.1, 0.15) is 12.2 Å². The average Bonchev–Trinajstić information content (AvgIpc) is 3.35. The Morgan fingerprint density at radius 1 is 1.11 bits per heavy atom. The zero-order chi connectivity index (χ0) is 25.5. The quantitative estimate of drug-likeness (QED) is 0.356. The highest BCUT2D eigenvalue weighted by molar-refractivity contribution is 6.31. The van der Waals surface area contributed by atoms with Gasteiger partial charge in [0.2, 0.25) is 0 Å². The molecule has 1 aliphatic heterocycles. The number of H-pyrrole nitrogens is 1. The summed E-state index contributed by atoms with van der Waals surface area (Å²) in [5, 5.41) is 17.1.